The van der Waals surface area contributed by atoms with Crippen LogP contribution in [0, 0.1) is 5.82 Å². The number of halogens is 2. The summed E-state index contributed by atoms with van der Waals surface area (Å²) >= 11 is 5.95. The molecule has 1 N–H and O–H groups in total. The van der Waals surface area contributed by atoms with Crippen LogP contribution in [0.2, 0.25) is 5.02 Å². The average Bonchev–Trinajstić information content (AvgIpc) is 2.72. The van der Waals surface area contributed by atoms with Crippen LogP contribution >= 0.6 is 11.6 Å². The zero-order valence-electron chi connectivity index (χ0n) is 14.8. The smallest absolute Gasteiger partial charge is 0.258 e. The third-order valence-electron chi connectivity index (χ3n) is 3.65. The molecule has 0 atom stereocenters. The first-order chi connectivity index (χ1) is 13.6. The van der Waals surface area contributed by atoms with Crippen molar-refractivity contribution < 1.29 is 18.7 Å². The number of carbonyl (C=O) groups is 1. The van der Waals surface area contributed by atoms with Crippen molar-refractivity contribution in [1.29, 1.82) is 0 Å². The number of benzene rings is 2. The second-order valence-corrected chi connectivity index (χ2v) is 6.09. The molecule has 1 amide bonds. The maximum atomic E-state index is 12.9. The first kappa shape index (κ1) is 19.6. The van der Waals surface area contributed by atoms with Gasteiger partial charge in [0.2, 0.25) is 5.88 Å². The van der Waals surface area contributed by atoms with E-state index in [0.29, 0.717) is 22.3 Å². The molecule has 0 aliphatic rings. The van der Waals surface area contributed by atoms with Crippen LogP contribution in [0.3, 0.4) is 0 Å². The minimum atomic E-state index is -0.309. The number of nitrogens with zero attached hydrogens (tertiary/aromatic N) is 2. The fraction of sp³-hybridized carbons (Fsp3) is 0.150. The van der Waals surface area contributed by atoms with Gasteiger partial charge in [0.15, 0.2) is 6.61 Å². The highest BCUT2D eigenvalue weighted by molar-refractivity contribution is 6.32. The molecule has 0 saturated heterocycles. The maximum absolute atomic E-state index is 12.9. The Kier molecular flexibility index (Phi) is 6.75. The summed E-state index contributed by atoms with van der Waals surface area (Å²) in [6, 6.07) is 16.3. The predicted molar refractivity (Wildman–Crippen MR) is 103 cm³/mol. The van der Waals surface area contributed by atoms with Gasteiger partial charge in [-0.1, -0.05) is 23.7 Å². The quantitative estimate of drug-likeness (QED) is 0.585. The number of aromatic nitrogens is 2. The van der Waals surface area contributed by atoms with Crippen LogP contribution in [0.1, 0.15) is 0 Å². The number of nitrogens with one attached hydrogen (secondary N) is 1. The van der Waals surface area contributed by atoms with Crippen LogP contribution < -0.4 is 14.8 Å². The Morgan fingerprint density at radius 3 is 2.50 bits per heavy atom. The van der Waals surface area contributed by atoms with E-state index in [9.17, 15) is 9.18 Å². The largest absolute Gasteiger partial charge is 0.482 e. The van der Waals surface area contributed by atoms with E-state index < -0.39 is 0 Å². The SMILES string of the molecule is O=C(COc1ccccc1Cl)NCCOc1ccc(-c2ccc(F)cc2)nn1. The summed E-state index contributed by atoms with van der Waals surface area (Å²) in [6.07, 6.45) is 0. The van der Waals surface area contributed by atoms with Crippen LogP contribution in [-0.2, 0) is 4.79 Å². The molecular formula is C20H17ClFN3O3. The summed E-state index contributed by atoms with van der Waals surface area (Å²) < 4.78 is 23.7. The van der Waals surface area contributed by atoms with Gasteiger partial charge in [0.25, 0.3) is 5.91 Å². The Hall–Kier alpha value is -3.19. The van der Waals surface area contributed by atoms with E-state index in [2.05, 4.69) is 15.5 Å². The number of hydrogen-bond acceptors (Lipinski definition) is 5. The van der Waals surface area contributed by atoms with Crippen molar-refractivity contribution in [3.8, 4) is 22.9 Å². The molecule has 0 spiro atoms. The Labute approximate surface area is 166 Å². The molecule has 1 heterocycles. The van der Waals surface area contributed by atoms with Crippen molar-refractivity contribution in [2.75, 3.05) is 19.8 Å². The molecule has 144 valence electrons. The van der Waals surface area contributed by atoms with E-state index in [0.717, 1.165) is 5.56 Å². The highest BCUT2D eigenvalue weighted by Crippen LogP contribution is 2.22. The molecule has 0 aliphatic carbocycles. The molecule has 8 heteroatoms. The van der Waals surface area contributed by atoms with E-state index in [-0.39, 0.29) is 31.5 Å². The summed E-state index contributed by atoms with van der Waals surface area (Å²) in [7, 11) is 0. The van der Waals surface area contributed by atoms with Gasteiger partial charge in [0.1, 0.15) is 18.2 Å². The zero-order valence-corrected chi connectivity index (χ0v) is 15.5. The molecule has 0 unspecified atom stereocenters. The van der Waals surface area contributed by atoms with E-state index >= 15 is 0 Å². The molecule has 1 aromatic heterocycles. The number of hydrogen-bond donors (Lipinski definition) is 1. The van der Waals surface area contributed by atoms with Gasteiger partial charge in [-0.3, -0.25) is 4.79 Å². The number of amides is 1. The van der Waals surface area contributed by atoms with Crippen molar-refractivity contribution in [3.05, 3.63) is 71.5 Å². The molecule has 3 rings (SSSR count). The molecule has 3 aromatic rings. The van der Waals surface area contributed by atoms with Gasteiger partial charge in [-0.05, 0) is 42.5 Å². The second kappa shape index (κ2) is 9.66. The Morgan fingerprint density at radius 1 is 1.00 bits per heavy atom. The molecule has 0 aliphatic heterocycles. The topological polar surface area (TPSA) is 73.3 Å². The maximum Gasteiger partial charge on any atom is 0.258 e. The highest BCUT2D eigenvalue weighted by Gasteiger charge is 2.06. The van der Waals surface area contributed by atoms with Crippen LogP contribution in [0.25, 0.3) is 11.3 Å². The number of para-hydroxylation sites is 1. The third-order valence-corrected chi connectivity index (χ3v) is 3.96. The average molecular weight is 402 g/mol. The summed E-state index contributed by atoms with van der Waals surface area (Å²) in [5.74, 6) is 0.178. The third kappa shape index (κ3) is 5.65. The summed E-state index contributed by atoms with van der Waals surface area (Å²) in [6.45, 7) is 0.365. The van der Waals surface area contributed by atoms with Crippen molar-refractivity contribution in [2.45, 2.75) is 0 Å². The number of carbonyl (C=O) groups excluding carboxylic acids is 1. The molecule has 0 radical (unpaired) electrons. The zero-order chi connectivity index (χ0) is 19.8. The normalized spacial score (nSPS) is 10.4. The Bertz CT molecular complexity index is 921. The predicted octanol–water partition coefficient (Wildman–Crippen LogP) is 3.51. The molecule has 28 heavy (non-hydrogen) atoms. The standard InChI is InChI=1S/C20H17ClFN3O3/c21-16-3-1-2-4-18(16)28-13-19(26)23-11-12-27-20-10-9-17(24-25-20)14-5-7-15(22)8-6-14/h1-10H,11-13H2,(H,23,26). The van der Waals surface area contributed by atoms with Crippen LogP contribution in [-0.4, -0.2) is 35.9 Å². The first-order valence-corrected chi connectivity index (χ1v) is 8.86. The van der Waals surface area contributed by atoms with E-state index in [1.54, 1.807) is 48.5 Å². The number of ether oxygens (including phenoxy) is 2. The fourth-order valence-electron chi connectivity index (χ4n) is 2.27. The van der Waals surface area contributed by atoms with E-state index in [4.69, 9.17) is 21.1 Å². The minimum absolute atomic E-state index is 0.143. The van der Waals surface area contributed by atoms with Gasteiger partial charge < -0.3 is 14.8 Å². The van der Waals surface area contributed by atoms with Gasteiger partial charge in [-0.25, -0.2) is 4.39 Å². The fourth-order valence-corrected chi connectivity index (χ4v) is 2.46. The molecule has 6 nitrogen and oxygen atoms in total. The summed E-state index contributed by atoms with van der Waals surface area (Å²) in [5, 5.41) is 11.1. The van der Waals surface area contributed by atoms with Crippen LogP contribution in [0.5, 0.6) is 11.6 Å². The molecule has 0 fully saturated rings. The monoisotopic (exact) mass is 401 g/mol. The van der Waals surface area contributed by atoms with Gasteiger partial charge in [0, 0.05) is 11.6 Å². The van der Waals surface area contributed by atoms with Crippen molar-refractivity contribution >= 4 is 17.5 Å². The van der Waals surface area contributed by atoms with Gasteiger partial charge in [-0.2, -0.15) is 0 Å². The van der Waals surface area contributed by atoms with E-state index in [1.165, 1.54) is 12.1 Å². The second-order valence-electron chi connectivity index (χ2n) is 5.68. The lowest BCUT2D eigenvalue weighted by molar-refractivity contribution is -0.123. The van der Waals surface area contributed by atoms with Gasteiger partial charge in [-0.15, -0.1) is 10.2 Å². The van der Waals surface area contributed by atoms with Crippen molar-refractivity contribution in [2.24, 2.45) is 0 Å². The Balaban J connectivity index is 1.38. The lowest BCUT2D eigenvalue weighted by Crippen LogP contribution is -2.32. The molecule has 0 bridgehead atoms. The van der Waals surface area contributed by atoms with E-state index in [1.807, 2.05) is 0 Å². The lowest BCUT2D eigenvalue weighted by Gasteiger charge is -2.09. The van der Waals surface area contributed by atoms with Gasteiger partial charge in [0.05, 0.1) is 17.3 Å². The first-order valence-electron chi connectivity index (χ1n) is 8.48. The van der Waals surface area contributed by atoms with Crippen LogP contribution in [0.4, 0.5) is 4.39 Å². The number of rotatable bonds is 8. The van der Waals surface area contributed by atoms with Crippen LogP contribution in [0.15, 0.2) is 60.7 Å². The highest BCUT2D eigenvalue weighted by atomic mass is 35.5. The summed E-state index contributed by atoms with van der Waals surface area (Å²) in [4.78, 5) is 11.8. The lowest BCUT2D eigenvalue weighted by atomic mass is 10.1. The van der Waals surface area contributed by atoms with Crippen molar-refractivity contribution in [3.63, 3.8) is 0 Å². The molecular weight excluding hydrogens is 385 g/mol. The molecule has 0 saturated carbocycles. The molecule has 2 aromatic carbocycles. The summed E-state index contributed by atoms with van der Waals surface area (Å²) in [5.41, 5.74) is 1.36. The minimum Gasteiger partial charge on any atom is -0.482 e. The van der Waals surface area contributed by atoms with Gasteiger partial charge >= 0.3 is 0 Å². The Morgan fingerprint density at radius 2 is 1.79 bits per heavy atom. The van der Waals surface area contributed by atoms with Crippen molar-refractivity contribution in [1.82, 2.24) is 15.5 Å².